The fourth-order valence-electron chi connectivity index (χ4n) is 3.66. The quantitative estimate of drug-likeness (QED) is 0.844. The first-order valence-corrected chi connectivity index (χ1v) is 8.93. The SMILES string of the molecule is COc1cc(CC(=O)N2CCOCC2c2c(C)nn(C)c2C)ccc1C. The molecule has 1 fully saturated rings. The summed E-state index contributed by atoms with van der Waals surface area (Å²) in [5.41, 5.74) is 5.15. The van der Waals surface area contributed by atoms with Gasteiger partial charge in [-0.25, -0.2) is 0 Å². The second-order valence-corrected chi connectivity index (χ2v) is 6.87. The van der Waals surface area contributed by atoms with Crippen molar-refractivity contribution >= 4 is 5.91 Å². The van der Waals surface area contributed by atoms with Crippen LogP contribution in [0.1, 0.15) is 34.1 Å². The number of carbonyl (C=O) groups is 1. The van der Waals surface area contributed by atoms with Gasteiger partial charge < -0.3 is 14.4 Å². The van der Waals surface area contributed by atoms with Crippen molar-refractivity contribution in [1.82, 2.24) is 14.7 Å². The lowest BCUT2D eigenvalue weighted by atomic mass is 10.0. The zero-order valence-electron chi connectivity index (χ0n) is 16.2. The molecule has 0 radical (unpaired) electrons. The van der Waals surface area contributed by atoms with Crippen LogP contribution in [-0.4, -0.2) is 47.5 Å². The third-order valence-electron chi connectivity index (χ3n) is 5.17. The van der Waals surface area contributed by atoms with Gasteiger partial charge >= 0.3 is 0 Å². The second kappa shape index (κ2) is 7.50. The van der Waals surface area contributed by atoms with Crippen molar-refractivity contribution < 1.29 is 14.3 Å². The molecule has 0 N–H and O–H groups in total. The van der Waals surface area contributed by atoms with Gasteiger partial charge in [0.05, 0.1) is 38.5 Å². The molecule has 1 aliphatic rings. The van der Waals surface area contributed by atoms with Gasteiger partial charge in [0, 0.05) is 24.8 Å². The summed E-state index contributed by atoms with van der Waals surface area (Å²) in [7, 11) is 3.58. The minimum absolute atomic E-state index is 0.0858. The number of amides is 1. The van der Waals surface area contributed by atoms with Crippen molar-refractivity contribution in [2.75, 3.05) is 26.9 Å². The molecule has 2 aromatic rings. The molecule has 1 aromatic heterocycles. The van der Waals surface area contributed by atoms with Crippen molar-refractivity contribution in [3.8, 4) is 5.75 Å². The Morgan fingerprint density at radius 2 is 2.12 bits per heavy atom. The summed E-state index contributed by atoms with van der Waals surface area (Å²) in [6.07, 6.45) is 0.353. The summed E-state index contributed by atoms with van der Waals surface area (Å²) in [6, 6.07) is 5.85. The van der Waals surface area contributed by atoms with Crippen LogP contribution in [0.3, 0.4) is 0 Å². The van der Waals surface area contributed by atoms with Gasteiger partial charge in [-0.05, 0) is 38.0 Å². The van der Waals surface area contributed by atoms with E-state index in [0.29, 0.717) is 26.2 Å². The topological polar surface area (TPSA) is 56.6 Å². The highest BCUT2D eigenvalue weighted by Crippen LogP contribution is 2.30. The number of hydrogen-bond donors (Lipinski definition) is 0. The van der Waals surface area contributed by atoms with E-state index in [1.54, 1.807) is 7.11 Å². The molecule has 1 unspecified atom stereocenters. The van der Waals surface area contributed by atoms with E-state index in [9.17, 15) is 4.79 Å². The van der Waals surface area contributed by atoms with Gasteiger partial charge in [0.1, 0.15) is 5.75 Å². The Labute approximate surface area is 154 Å². The van der Waals surface area contributed by atoms with Crippen LogP contribution < -0.4 is 4.74 Å². The van der Waals surface area contributed by atoms with E-state index >= 15 is 0 Å². The molecular weight excluding hydrogens is 330 g/mol. The van der Waals surface area contributed by atoms with E-state index in [0.717, 1.165) is 33.8 Å². The molecule has 0 spiro atoms. The Morgan fingerprint density at radius 3 is 2.77 bits per heavy atom. The zero-order valence-corrected chi connectivity index (χ0v) is 16.2. The van der Waals surface area contributed by atoms with Gasteiger partial charge in [-0.2, -0.15) is 5.10 Å². The molecule has 3 rings (SSSR count). The predicted octanol–water partition coefficient (Wildman–Crippen LogP) is 2.50. The third-order valence-corrected chi connectivity index (χ3v) is 5.17. The summed E-state index contributed by atoms with van der Waals surface area (Å²) in [4.78, 5) is 15.0. The number of aryl methyl sites for hydroxylation is 3. The average Bonchev–Trinajstić information content (AvgIpc) is 2.88. The molecule has 1 aliphatic heterocycles. The lowest BCUT2D eigenvalue weighted by Gasteiger charge is -2.36. The Bertz CT molecular complexity index is 813. The molecule has 0 aliphatic carbocycles. The highest BCUT2D eigenvalue weighted by molar-refractivity contribution is 5.79. The van der Waals surface area contributed by atoms with Crippen LogP contribution in [0.15, 0.2) is 18.2 Å². The number of aromatic nitrogens is 2. The van der Waals surface area contributed by atoms with E-state index in [4.69, 9.17) is 9.47 Å². The van der Waals surface area contributed by atoms with Gasteiger partial charge in [-0.3, -0.25) is 9.48 Å². The number of methoxy groups -OCH3 is 1. The zero-order chi connectivity index (χ0) is 18.8. The Kier molecular flexibility index (Phi) is 5.32. The first-order valence-electron chi connectivity index (χ1n) is 8.93. The summed E-state index contributed by atoms with van der Waals surface area (Å²) in [5.74, 6) is 0.916. The molecular formula is C20H27N3O3. The number of hydrogen-bond acceptors (Lipinski definition) is 4. The van der Waals surface area contributed by atoms with Crippen LogP contribution in [0.2, 0.25) is 0 Å². The standard InChI is InChI=1S/C20H27N3O3/c1-13-6-7-16(10-18(13)25-5)11-19(24)23-8-9-26-12-17(23)20-14(2)21-22(4)15(20)3/h6-7,10,17H,8-9,11-12H2,1-5H3. The minimum Gasteiger partial charge on any atom is -0.496 e. The molecule has 6 heteroatoms. The van der Waals surface area contributed by atoms with Gasteiger partial charge in [-0.15, -0.1) is 0 Å². The predicted molar refractivity (Wildman–Crippen MR) is 99.4 cm³/mol. The van der Waals surface area contributed by atoms with Crippen LogP contribution >= 0.6 is 0 Å². The molecule has 6 nitrogen and oxygen atoms in total. The number of carbonyl (C=O) groups excluding carboxylic acids is 1. The number of morpholine rings is 1. The number of ether oxygens (including phenoxy) is 2. The van der Waals surface area contributed by atoms with Gasteiger partial charge in [0.15, 0.2) is 0 Å². The first-order chi connectivity index (χ1) is 12.4. The molecule has 2 heterocycles. The fourth-order valence-corrected chi connectivity index (χ4v) is 3.66. The highest BCUT2D eigenvalue weighted by atomic mass is 16.5. The summed E-state index contributed by atoms with van der Waals surface area (Å²) >= 11 is 0. The number of benzene rings is 1. The Balaban J connectivity index is 1.84. The largest absolute Gasteiger partial charge is 0.496 e. The van der Waals surface area contributed by atoms with Gasteiger partial charge in [0.2, 0.25) is 5.91 Å². The maximum absolute atomic E-state index is 13.1. The summed E-state index contributed by atoms with van der Waals surface area (Å²) in [5, 5.41) is 4.50. The van der Waals surface area contributed by atoms with Crippen LogP contribution in [0.25, 0.3) is 0 Å². The minimum atomic E-state index is -0.0858. The van der Waals surface area contributed by atoms with E-state index in [1.807, 2.05) is 55.6 Å². The maximum atomic E-state index is 13.1. The van der Waals surface area contributed by atoms with E-state index in [-0.39, 0.29) is 11.9 Å². The van der Waals surface area contributed by atoms with Crippen LogP contribution in [-0.2, 0) is 23.0 Å². The first kappa shape index (κ1) is 18.5. The summed E-state index contributed by atoms with van der Waals surface area (Å²) < 4.78 is 12.9. The maximum Gasteiger partial charge on any atom is 0.227 e. The van der Waals surface area contributed by atoms with E-state index in [2.05, 4.69) is 5.10 Å². The summed E-state index contributed by atoms with van der Waals surface area (Å²) in [6.45, 7) is 7.70. The van der Waals surface area contributed by atoms with Crippen molar-refractivity contribution in [2.45, 2.75) is 33.2 Å². The smallest absolute Gasteiger partial charge is 0.227 e. The Hall–Kier alpha value is -2.34. The molecule has 1 aromatic carbocycles. The van der Waals surface area contributed by atoms with E-state index in [1.165, 1.54) is 0 Å². The Morgan fingerprint density at radius 1 is 1.35 bits per heavy atom. The lowest BCUT2D eigenvalue weighted by Crippen LogP contribution is -2.44. The van der Waals surface area contributed by atoms with Crippen molar-refractivity contribution in [2.24, 2.45) is 7.05 Å². The fraction of sp³-hybridized carbons (Fsp3) is 0.500. The average molecular weight is 357 g/mol. The van der Waals surface area contributed by atoms with Crippen LogP contribution in [0.4, 0.5) is 0 Å². The van der Waals surface area contributed by atoms with Gasteiger partial charge in [0.25, 0.3) is 0 Å². The van der Waals surface area contributed by atoms with E-state index < -0.39 is 0 Å². The van der Waals surface area contributed by atoms with Crippen molar-refractivity contribution in [3.05, 3.63) is 46.3 Å². The van der Waals surface area contributed by atoms with Crippen molar-refractivity contribution in [3.63, 3.8) is 0 Å². The normalized spacial score (nSPS) is 17.4. The van der Waals surface area contributed by atoms with Crippen LogP contribution in [0.5, 0.6) is 5.75 Å². The number of rotatable bonds is 4. The molecule has 0 saturated carbocycles. The van der Waals surface area contributed by atoms with Crippen LogP contribution in [0, 0.1) is 20.8 Å². The third kappa shape index (κ3) is 3.46. The highest BCUT2D eigenvalue weighted by Gasteiger charge is 2.32. The molecule has 26 heavy (non-hydrogen) atoms. The van der Waals surface area contributed by atoms with Crippen molar-refractivity contribution in [1.29, 1.82) is 0 Å². The monoisotopic (exact) mass is 357 g/mol. The van der Waals surface area contributed by atoms with Gasteiger partial charge in [-0.1, -0.05) is 12.1 Å². The molecule has 0 bridgehead atoms. The second-order valence-electron chi connectivity index (χ2n) is 6.87. The molecule has 140 valence electrons. The molecule has 1 atom stereocenters. The molecule has 1 amide bonds. The lowest BCUT2D eigenvalue weighted by molar-refractivity contribution is -0.139. The molecule has 1 saturated heterocycles. The number of nitrogens with zero attached hydrogens (tertiary/aromatic N) is 3.